The lowest BCUT2D eigenvalue weighted by Crippen LogP contribution is -1.99. The lowest BCUT2D eigenvalue weighted by molar-refractivity contribution is 0.112. The molecule has 0 spiro atoms. The van der Waals surface area contributed by atoms with E-state index in [1.807, 2.05) is 18.2 Å². The number of benzene rings is 1. The number of hydrogen-bond donors (Lipinski definition) is 1. The van der Waals surface area contributed by atoms with Crippen LogP contribution in [0.2, 0.25) is 0 Å². The normalized spacial score (nSPS) is 14.5. The first-order valence-electron chi connectivity index (χ1n) is 3.68. The van der Waals surface area contributed by atoms with Gasteiger partial charge in [-0.25, -0.2) is 0 Å². The molecule has 11 heavy (non-hydrogen) atoms. The van der Waals surface area contributed by atoms with Crippen LogP contribution in [0.3, 0.4) is 0 Å². The van der Waals surface area contributed by atoms with Crippen LogP contribution < -0.4 is 5.32 Å². The average molecular weight is 147 g/mol. The summed E-state index contributed by atoms with van der Waals surface area (Å²) in [5, 5.41) is 3.22. The van der Waals surface area contributed by atoms with Crippen LogP contribution in [-0.2, 0) is 13.1 Å². The van der Waals surface area contributed by atoms with E-state index >= 15 is 0 Å². The first kappa shape index (κ1) is 6.55. The molecular formula is C9H9NO. The molecule has 0 bridgehead atoms. The molecule has 2 rings (SSSR count). The van der Waals surface area contributed by atoms with Crippen molar-refractivity contribution in [3.63, 3.8) is 0 Å². The molecule has 0 amide bonds. The van der Waals surface area contributed by atoms with Crippen LogP contribution in [0, 0.1) is 0 Å². The molecule has 1 heterocycles. The van der Waals surface area contributed by atoms with E-state index in [1.165, 1.54) is 11.1 Å². The SMILES string of the molecule is O=Cc1ccc2c(c1)CNC2. The fraction of sp³-hybridized carbons (Fsp3) is 0.222. The van der Waals surface area contributed by atoms with Crippen molar-refractivity contribution >= 4 is 6.29 Å². The monoisotopic (exact) mass is 147 g/mol. The summed E-state index contributed by atoms with van der Waals surface area (Å²) in [5.41, 5.74) is 3.35. The summed E-state index contributed by atoms with van der Waals surface area (Å²) in [6, 6.07) is 5.82. The van der Waals surface area contributed by atoms with Crippen molar-refractivity contribution in [2.45, 2.75) is 13.1 Å². The molecule has 56 valence electrons. The number of hydrogen-bond acceptors (Lipinski definition) is 2. The Bertz CT molecular complexity index is 294. The summed E-state index contributed by atoms with van der Waals surface area (Å²) in [5.74, 6) is 0. The predicted octanol–water partition coefficient (Wildman–Crippen LogP) is 1.10. The predicted molar refractivity (Wildman–Crippen MR) is 42.4 cm³/mol. The molecule has 0 radical (unpaired) electrons. The first-order valence-corrected chi connectivity index (χ1v) is 3.68. The topological polar surface area (TPSA) is 29.1 Å². The van der Waals surface area contributed by atoms with Crippen molar-refractivity contribution in [2.24, 2.45) is 0 Å². The summed E-state index contributed by atoms with van der Waals surface area (Å²) in [6.45, 7) is 1.84. The molecule has 1 aromatic rings. The van der Waals surface area contributed by atoms with Crippen LogP contribution in [0.25, 0.3) is 0 Å². The average Bonchev–Trinajstić information content (AvgIpc) is 2.50. The second-order valence-corrected chi connectivity index (χ2v) is 2.75. The third-order valence-corrected chi connectivity index (χ3v) is 2.00. The van der Waals surface area contributed by atoms with Crippen LogP contribution in [0.1, 0.15) is 21.5 Å². The van der Waals surface area contributed by atoms with Gasteiger partial charge in [-0.1, -0.05) is 12.1 Å². The molecule has 0 saturated heterocycles. The van der Waals surface area contributed by atoms with Gasteiger partial charge in [-0.05, 0) is 17.2 Å². The molecular weight excluding hydrogens is 138 g/mol. The van der Waals surface area contributed by atoms with Gasteiger partial charge < -0.3 is 5.32 Å². The molecule has 0 atom stereocenters. The lowest BCUT2D eigenvalue weighted by Gasteiger charge is -1.96. The Morgan fingerprint density at radius 1 is 1.27 bits per heavy atom. The van der Waals surface area contributed by atoms with Gasteiger partial charge in [-0.2, -0.15) is 0 Å². The Kier molecular flexibility index (Phi) is 1.47. The number of carbonyl (C=O) groups excluding carboxylic acids is 1. The van der Waals surface area contributed by atoms with Crippen molar-refractivity contribution < 1.29 is 4.79 Å². The molecule has 0 unspecified atom stereocenters. The van der Waals surface area contributed by atoms with E-state index in [0.717, 1.165) is 24.9 Å². The van der Waals surface area contributed by atoms with Gasteiger partial charge in [0, 0.05) is 18.7 Å². The minimum absolute atomic E-state index is 0.771. The van der Waals surface area contributed by atoms with E-state index in [0.29, 0.717) is 0 Å². The van der Waals surface area contributed by atoms with Crippen LogP contribution in [0.15, 0.2) is 18.2 Å². The highest BCUT2D eigenvalue weighted by Crippen LogP contribution is 2.15. The zero-order valence-corrected chi connectivity index (χ0v) is 6.13. The number of fused-ring (bicyclic) bond motifs is 1. The van der Waals surface area contributed by atoms with Crippen molar-refractivity contribution in [2.75, 3.05) is 0 Å². The molecule has 1 aliphatic rings. The molecule has 0 saturated carbocycles. The summed E-state index contributed by atoms with van der Waals surface area (Å²) in [6.07, 6.45) is 0.888. The van der Waals surface area contributed by atoms with Crippen LogP contribution in [0.5, 0.6) is 0 Å². The van der Waals surface area contributed by atoms with Gasteiger partial charge in [0.15, 0.2) is 0 Å². The van der Waals surface area contributed by atoms with Gasteiger partial charge in [-0.3, -0.25) is 4.79 Å². The van der Waals surface area contributed by atoms with Crippen molar-refractivity contribution in [1.82, 2.24) is 5.32 Å². The minimum Gasteiger partial charge on any atom is -0.309 e. The van der Waals surface area contributed by atoms with E-state index in [-0.39, 0.29) is 0 Å². The van der Waals surface area contributed by atoms with E-state index in [2.05, 4.69) is 5.32 Å². The second-order valence-electron chi connectivity index (χ2n) is 2.75. The summed E-state index contributed by atoms with van der Waals surface area (Å²) in [7, 11) is 0. The Labute approximate surface area is 65.2 Å². The highest BCUT2D eigenvalue weighted by Gasteiger charge is 2.08. The Balaban J connectivity index is 2.48. The van der Waals surface area contributed by atoms with Crippen LogP contribution in [0.4, 0.5) is 0 Å². The van der Waals surface area contributed by atoms with E-state index in [1.54, 1.807) is 0 Å². The molecule has 0 fully saturated rings. The second kappa shape index (κ2) is 2.47. The first-order chi connectivity index (χ1) is 5.40. The molecule has 1 aromatic carbocycles. The van der Waals surface area contributed by atoms with Crippen LogP contribution in [-0.4, -0.2) is 6.29 Å². The van der Waals surface area contributed by atoms with Crippen molar-refractivity contribution in [3.05, 3.63) is 34.9 Å². The van der Waals surface area contributed by atoms with E-state index < -0.39 is 0 Å². The molecule has 0 aliphatic carbocycles. The number of nitrogens with one attached hydrogen (secondary N) is 1. The lowest BCUT2D eigenvalue weighted by atomic mass is 10.1. The van der Waals surface area contributed by atoms with Gasteiger partial charge in [0.25, 0.3) is 0 Å². The van der Waals surface area contributed by atoms with Gasteiger partial charge in [-0.15, -0.1) is 0 Å². The fourth-order valence-electron chi connectivity index (χ4n) is 1.39. The highest BCUT2D eigenvalue weighted by atomic mass is 16.1. The maximum atomic E-state index is 10.4. The van der Waals surface area contributed by atoms with Gasteiger partial charge in [0.1, 0.15) is 6.29 Å². The minimum atomic E-state index is 0.771. The molecule has 2 heteroatoms. The maximum Gasteiger partial charge on any atom is 0.150 e. The third-order valence-electron chi connectivity index (χ3n) is 2.00. The molecule has 1 N–H and O–H groups in total. The van der Waals surface area contributed by atoms with E-state index in [9.17, 15) is 4.79 Å². The van der Waals surface area contributed by atoms with Gasteiger partial charge in [0.2, 0.25) is 0 Å². The highest BCUT2D eigenvalue weighted by molar-refractivity contribution is 5.75. The zero-order chi connectivity index (χ0) is 7.68. The number of rotatable bonds is 1. The zero-order valence-electron chi connectivity index (χ0n) is 6.13. The Morgan fingerprint density at radius 3 is 2.91 bits per heavy atom. The van der Waals surface area contributed by atoms with Gasteiger partial charge >= 0.3 is 0 Å². The quantitative estimate of drug-likeness (QED) is 0.603. The Hall–Kier alpha value is -1.15. The molecule has 2 nitrogen and oxygen atoms in total. The smallest absolute Gasteiger partial charge is 0.150 e. The number of carbonyl (C=O) groups is 1. The van der Waals surface area contributed by atoms with Gasteiger partial charge in [0.05, 0.1) is 0 Å². The summed E-state index contributed by atoms with van der Waals surface area (Å²) < 4.78 is 0. The Morgan fingerprint density at radius 2 is 2.09 bits per heavy atom. The third kappa shape index (κ3) is 1.05. The maximum absolute atomic E-state index is 10.4. The van der Waals surface area contributed by atoms with E-state index in [4.69, 9.17) is 0 Å². The largest absolute Gasteiger partial charge is 0.309 e. The molecule has 0 aromatic heterocycles. The number of aldehydes is 1. The summed E-state index contributed by atoms with van der Waals surface area (Å²) >= 11 is 0. The van der Waals surface area contributed by atoms with Crippen molar-refractivity contribution in [1.29, 1.82) is 0 Å². The molecule has 1 aliphatic heterocycles. The van der Waals surface area contributed by atoms with Crippen molar-refractivity contribution in [3.8, 4) is 0 Å². The van der Waals surface area contributed by atoms with Crippen LogP contribution >= 0.6 is 0 Å². The fourth-order valence-corrected chi connectivity index (χ4v) is 1.39. The standard InChI is InChI=1S/C9H9NO/c11-6-7-1-2-8-4-10-5-9(8)3-7/h1-3,6,10H,4-5H2. The summed E-state index contributed by atoms with van der Waals surface area (Å²) in [4.78, 5) is 10.4.